The summed E-state index contributed by atoms with van der Waals surface area (Å²) < 4.78 is 13.1. The average Bonchev–Trinajstić information content (AvgIpc) is 3.33. The molecule has 0 aliphatic carbocycles. The van der Waals surface area contributed by atoms with Gasteiger partial charge in [-0.25, -0.2) is 4.68 Å². The largest absolute Gasteiger partial charge is 0.497 e. The summed E-state index contributed by atoms with van der Waals surface area (Å²) in [6, 6.07) is 16.2. The average molecular weight is 485 g/mol. The summed E-state index contributed by atoms with van der Waals surface area (Å²) in [5, 5.41) is 12.9. The zero-order valence-electron chi connectivity index (χ0n) is 19.8. The molecule has 1 fully saturated rings. The minimum absolute atomic E-state index is 0. The Labute approximate surface area is 207 Å². The first kappa shape index (κ1) is 25.7. The molecule has 1 atom stereocenters. The molecule has 182 valence electrons. The van der Waals surface area contributed by atoms with Gasteiger partial charge in [0.05, 0.1) is 14.2 Å². The second-order valence-corrected chi connectivity index (χ2v) is 8.13. The highest BCUT2D eigenvalue weighted by Gasteiger charge is 2.32. The van der Waals surface area contributed by atoms with Crippen LogP contribution in [-0.4, -0.2) is 77.0 Å². The fourth-order valence-electron chi connectivity index (χ4n) is 4.38. The number of aryl methyl sites for hydroxylation is 2. The Bertz CT molecular complexity index is 1040. The van der Waals surface area contributed by atoms with Crippen LogP contribution in [0.2, 0.25) is 0 Å². The van der Waals surface area contributed by atoms with E-state index in [-0.39, 0.29) is 18.4 Å². The number of hydrogen-bond acceptors (Lipinski definition) is 7. The van der Waals surface area contributed by atoms with E-state index in [0.29, 0.717) is 6.54 Å². The quantitative estimate of drug-likeness (QED) is 0.409. The number of ether oxygens (including phenoxy) is 2. The molecular weight excluding hydrogens is 452 g/mol. The Balaban J connectivity index is 0.00000324. The topological polar surface area (TPSA) is 68.5 Å². The Kier molecular flexibility index (Phi) is 9.44. The number of rotatable bonds is 10. The minimum atomic E-state index is -0.123. The Morgan fingerprint density at radius 2 is 1.79 bits per heavy atom. The van der Waals surface area contributed by atoms with Gasteiger partial charge in [0, 0.05) is 50.9 Å². The van der Waals surface area contributed by atoms with Crippen molar-refractivity contribution >= 4 is 12.4 Å². The van der Waals surface area contributed by atoms with Crippen molar-refractivity contribution < 1.29 is 9.47 Å². The first-order chi connectivity index (χ1) is 16.2. The Hall–Kier alpha value is -2.94. The predicted octanol–water partition coefficient (Wildman–Crippen LogP) is 3.25. The molecular formula is C25H33ClN6O2. The van der Waals surface area contributed by atoms with E-state index >= 15 is 0 Å². The Morgan fingerprint density at radius 1 is 1.03 bits per heavy atom. The number of piperazine rings is 1. The fraction of sp³-hybridized carbons (Fsp3) is 0.400. The molecule has 34 heavy (non-hydrogen) atoms. The van der Waals surface area contributed by atoms with Gasteiger partial charge in [-0.2, -0.15) is 0 Å². The van der Waals surface area contributed by atoms with Crippen LogP contribution >= 0.6 is 12.4 Å². The van der Waals surface area contributed by atoms with Crippen molar-refractivity contribution in [2.75, 3.05) is 46.9 Å². The molecule has 9 heteroatoms. The van der Waals surface area contributed by atoms with Gasteiger partial charge < -0.3 is 9.47 Å². The SMILES string of the molecule is C=CCN1CCN(C(c2ccc(OC)cc2OC)c2nnnn2CCc2ccccc2)CC1.Cl. The first-order valence-corrected chi connectivity index (χ1v) is 11.3. The molecule has 1 aliphatic heterocycles. The smallest absolute Gasteiger partial charge is 0.173 e. The molecule has 0 saturated carbocycles. The van der Waals surface area contributed by atoms with E-state index in [9.17, 15) is 0 Å². The molecule has 2 heterocycles. The lowest BCUT2D eigenvalue weighted by Crippen LogP contribution is -2.48. The van der Waals surface area contributed by atoms with Crippen LogP contribution in [0.3, 0.4) is 0 Å². The molecule has 0 radical (unpaired) electrons. The molecule has 0 bridgehead atoms. The van der Waals surface area contributed by atoms with Crippen LogP contribution in [-0.2, 0) is 13.0 Å². The lowest BCUT2D eigenvalue weighted by atomic mass is 10.0. The zero-order chi connectivity index (χ0) is 23.0. The van der Waals surface area contributed by atoms with Gasteiger partial charge in [-0.05, 0) is 34.5 Å². The second kappa shape index (κ2) is 12.5. The van der Waals surface area contributed by atoms with E-state index in [1.165, 1.54) is 5.56 Å². The number of nitrogens with zero attached hydrogens (tertiary/aromatic N) is 6. The molecule has 0 spiro atoms. The molecule has 1 saturated heterocycles. The van der Waals surface area contributed by atoms with Crippen LogP contribution < -0.4 is 9.47 Å². The summed E-state index contributed by atoms with van der Waals surface area (Å²) in [5.74, 6) is 2.35. The summed E-state index contributed by atoms with van der Waals surface area (Å²) in [6.45, 7) is 9.22. The van der Waals surface area contributed by atoms with Crippen molar-refractivity contribution in [1.82, 2.24) is 30.0 Å². The van der Waals surface area contributed by atoms with Crippen molar-refractivity contribution in [1.29, 1.82) is 0 Å². The molecule has 4 rings (SSSR count). The first-order valence-electron chi connectivity index (χ1n) is 11.3. The highest BCUT2D eigenvalue weighted by atomic mass is 35.5. The van der Waals surface area contributed by atoms with Gasteiger partial charge in [0.1, 0.15) is 17.5 Å². The molecule has 8 nitrogen and oxygen atoms in total. The lowest BCUT2D eigenvalue weighted by molar-refractivity contribution is 0.111. The normalized spacial score (nSPS) is 15.4. The highest BCUT2D eigenvalue weighted by Crippen LogP contribution is 2.36. The van der Waals surface area contributed by atoms with Crippen molar-refractivity contribution in [2.45, 2.75) is 19.0 Å². The highest BCUT2D eigenvalue weighted by molar-refractivity contribution is 5.85. The van der Waals surface area contributed by atoms with E-state index in [1.807, 2.05) is 29.0 Å². The van der Waals surface area contributed by atoms with Gasteiger partial charge in [0.2, 0.25) is 0 Å². The number of methoxy groups -OCH3 is 2. The van der Waals surface area contributed by atoms with Gasteiger partial charge in [-0.15, -0.1) is 24.1 Å². The maximum atomic E-state index is 5.78. The molecule has 3 aromatic rings. The predicted molar refractivity (Wildman–Crippen MR) is 135 cm³/mol. The summed E-state index contributed by atoms with van der Waals surface area (Å²) >= 11 is 0. The van der Waals surface area contributed by atoms with Crippen LogP contribution in [0.15, 0.2) is 61.2 Å². The number of halogens is 1. The van der Waals surface area contributed by atoms with Gasteiger partial charge in [-0.3, -0.25) is 9.80 Å². The maximum absolute atomic E-state index is 5.78. The van der Waals surface area contributed by atoms with Crippen molar-refractivity contribution in [2.24, 2.45) is 0 Å². The monoisotopic (exact) mass is 484 g/mol. The summed E-state index contributed by atoms with van der Waals surface area (Å²) in [5.41, 5.74) is 2.29. The Morgan fingerprint density at radius 3 is 2.47 bits per heavy atom. The fourth-order valence-corrected chi connectivity index (χ4v) is 4.38. The summed E-state index contributed by atoms with van der Waals surface area (Å²) in [6.07, 6.45) is 2.82. The van der Waals surface area contributed by atoms with Crippen molar-refractivity contribution in [3.63, 3.8) is 0 Å². The number of benzene rings is 2. The van der Waals surface area contributed by atoms with Crippen LogP contribution in [0.25, 0.3) is 0 Å². The van der Waals surface area contributed by atoms with Gasteiger partial charge in [0.15, 0.2) is 5.82 Å². The van der Waals surface area contributed by atoms with E-state index < -0.39 is 0 Å². The summed E-state index contributed by atoms with van der Waals surface area (Å²) in [7, 11) is 3.35. The molecule has 0 amide bonds. The van der Waals surface area contributed by atoms with E-state index in [2.05, 4.69) is 62.2 Å². The maximum Gasteiger partial charge on any atom is 0.173 e. The number of tetrazole rings is 1. The van der Waals surface area contributed by atoms with Crippen LogP contribution in [0.1, 0.15) is 23.0 Å². The van der Waals surface area contributed by atoms with Crippen LogP contribution in [0.5, 0.6) is 11.5 Å². The standard InChI is InChI=1S/C25H32N6O2.ClH/c1-4-13-29-15-17-30(18-16-29)24(22-11-10-21(32-2)19-23(22)33-3)25-26-27-28-31(25)14-12-20-8-6-5-7-9-20;/h4-11,19,24H,1,12-18H2,2-3H3;1H. The van der Waals surface area contributed by atoms with Crippen LogP contribution in [0, 0.1) is 0 Å². The molecule has 2 aromatic carbocycles. The number of aromatic nitrogens is 4. The zero-order valence-corrected chi connectivity index (χ0v) is 20.7. The van der Waals surface area contributed by atoms with E-state index in [4.69, 9.17) is 9.47 Å². The molecule has 1 unspecified atom stereocenters. The van der Waals surface area contributed by atoms with E-state index in [1.54, 1.807) is 14.2 Å². The van der Waals surface area contributed by atoms with Gasteiger partial charge in [-0.1, -0.05) is 36.4 Å². The van der Waals surface area contributed by atoms with Gasteiger partial charge in [0.25, 0.3) is 0 Å². The van der Waals surface area contributed by atoms with Crippen LogP contribution in [0.4, 0.5) is 0 Å². The molecule has 1 aromatic heterocycles. The molecule has 0 N–H and O–H groups in total. The van der Waals surface area contributed by atoms with Crippen molar-refractivity contribution in [3.05, 3.63) is 78.1 Å². The lowest BCUT2D eigenvalue weighted by Gasteiger charge is -2.38. The third-order valence-electron chi connectivity index (χ3n) is 6.15. The number of hydrogen-bond donors (Lipinski definition) is 0. The second-order valence-electron chi connectivity index (χ2n) is 8.13. The molecule has 1 aliphatic rings. The third-order valence-corrected chi connectivity index (χ3v) is 6.15. The summed E-state index contributed by atoms with van der Waals surface area (Å²) in [4.78, 5) is 4.85. The van der Waals surface area contributed by atoms with Gasteiger partial charge >= 0.3 is 0 Å². The minimum Gasteiger partial charge on any atom is -0.497 e. The van der Waals surface area contributed by atoms with Crippen molar-refractivity contribution in [3.8, 4) is 11.5 Å². The third kappa shape index (κ3) is 5.94. The van der Waals surface area contributed by atoms with E-state index in [0.717, 1.165) is 62.0 Å².